The Morgan fingerprint density at radius 3 is 2.44 bits per heavy atom. The van der Waals surface area contributed by atoms with E-state index in [1.807, 2.05) is 29.8 Å². The van der Waals surface area contributed by atoms with Crippen molar-refractivity contribution < 1.29 is 0 Å². The average molecular weight is 358 g/mol. The molecule has 6 heteroatoms. The number of likely N-dealkylation sites (tertiary alicyclic amines) is 1. The van der Waals surface area contributed by atoms with Gasteiger partial charge in [-0.1, -0.05) is 0 Å². The van der Waals surface area contributed by atoms with Gasteiger partial charge in [-0.3, -0.25) is 9.80 Å². The predicted molar refractivity (Wildman–Crippen MR) is 103 cm³/mol. The molecule has 0 amide bonds. The fourth-order valence-electron chi connectivity index (χ4n) is 3.79. The molecule has 0 unspecified atom stereocenters. The highest BCUT2D eigenvalue weighted by Gasteiger charge is 2.18. The molecule has 2 aliphatic heterocycles. The van der Waals surface area contributed by atoms with Gasteiger partial charge in [0.15, 0.2) is 0 Å². The largest absolute Gasteiger partial charge is 0.339 e. The number of anilines is 1. The molecule has 2 aliphatic rings. The first-order valence-electron chi connectivity index (χ1n) is 9.40. The summed E-state index contributed by atoms with van der Waals surface area (Å²) in [5, 5.41) is 2.36. The van der Waals surface area contributed by atoms with E-state index in [0.29, 0.717) is 0 Å². The van der Waals surface area contributed by atoms with Gasteiger partial charge >= 0.3 is 0 Å². The normalized spacial score (nSPS) is 20.1. The molecular weight excluding hydrogens is 330 g/mol. The van der Waals surface area contributed by atoms with E-state index in [1.54, 1.807) is 0 Å². The van der Waals surface area contributed by atoms with Crippen molar-refractivity contribution in [1.82, 2.24) is 19.8 Å². The lowest BCUT2D eigenvalue weighted by molar-refractivity contribution is 0.287. The van der Waals surface area contributed by atoms with Crippen LogP contribution in [-0.2, 0) is 13.1 Å². The summed E-state index contributed by atoms with van der Waals surface area (Å²) in [4.78, 5) is 17.8. The van der Waals surface area contributed by atoms with Gasteiger partial charge < -0.3 is 4.90 Å². The highest BCUT2D eigenvalue weighted by molar-refractivity contribution is 7.10. The molecule has 2 saturated heterocycles. The number of thiophene rings is 1. The van der Waals surface area contributed by atoms with E-state index >= 15 is 0 Å². The fraction of sp³-hybridized carbons (Fsp3) is 0.579. The second kappa shape index (κ2) is 8.25. The van der Waals surface area contributed by atoms with E-state index in [4.69, 9.17) is 0 Å². The fourth-order valence-corrected chi connectivity index (χ4v) is 4.72. The second-order valence-corrected chi connectivity index (χ2v) is 8.07. The molecule has 25 heavy (non-hydrogen) atoms. The summed E-state index contributed by atoms with van der Waals surface area (Å²) < 4.78 is 0. The van der Waals surface area contributed by atoms with Crippen LogP contribution in [0.1, 0.15) is 29.7 Å². The highest BCUT2D eigenvalue weighted by Crippen LogP contribution is 2.21. The molecule has 5 nitrogen and oxygen atoms in total. The van der Waals surface area contributed by atoms with Crippen molar-refractivity contribution in [3.63, 3.8) is 0 Å². The average Bonchev–Trinajstić information content (AvgIpc) is 3.25. The molecule has 0 bridgehead atoms. The summed E-state index contributed by atoms with van der Waals surface area (Å²) in [5.41, 5.74) is 1.50. The van der Waals surface area contributed by atoms with Crippen molar-refractivity contribution in [3.05, 3.63) is 40.3 Å². The molecule has 0 aromatic carbocycles. The van der Waals surface area contributed by atoms with Crippen LogP contribution in [-0.4, -0.2) is 59.0 Å². The Morgan fingerprint density at radius 2 is 1.60 bits per heavy atom. The molecule has 2 aromatic rings. The van der Waals surface area contributed by atoms with Gasteiger partial charge in [-0.25, -0.2) is 9.97 Å². The number of hydrogen-bond donors (Lipinski definition) is 0. The van der Waals surface area contributed by atoms with Crippen LogP contribution in [0.5, 0.6) is 0 Å². The molecule has 0 aliphatic carbocycles. The Kier molecular flexibility index (Phi) is 5.59. The number of rotatable bonds is 5. The minimum atomic E-state index is 0.869. The Balaban J connectivity index is 1.30. The predicted octanol–water partition coefficient (Wildman–Crippen LogP) is 2.85. The van der Waals surface area contributed by atoms with Gasteiger partial charge in [0.05, 0.1) is 0 Å². The van der Waals surface area contributed by atoms with E-state index in [9.17, 15) is 0 Å². The number of aromatic nitrogens is 2. The molecule has 0 atom stereocenters. The number of nitrogens with zero attached hydrogens (tertiary/aromatic N) is 5. The smallest absolute Gasteiger partial charge is 0.225 e. The lowest BCUT2D eigenvalue weighted by atomic mass is 10.2. The van der Waals surface area contributed by atoms with E-state index in [-0.39, 0.29) is 0 Å². The summed E-state index contributed by atoms with van der Waals surface area (Å²) in [5.74, 6) is 0.869. The summed E-state index contributed by atoms with van der Waals surface area (Å²) in [6.45, 7) is 9.05. The van der Waals surface area contributed by atoms with Gasteiger partial charge in [0.2, 0.25) is 5.95 Å². The molecule has 0 spiro atoms. The molecule has 0 saturated carbocycles. The molecular formula is C19H27N5S. The Morgan fingerprint density at radius 1 is 0.840 bits per heavy atom. The monoisotopic (exact) mass is 357 g/mol. The standard InChI is InChI=1S/C19H27N5S/c1-2-8-22(7-1)14-17-13-18(25-16-17)15-23-9-4-10-24(12-11-23)19-20-5-3-6-21-19/h3,5-6,13,16H,1-2,4,7-12,14-15H2. The highest BCUT2D eigenvalue weighted by atomic mass is 32.1. The lowest BCUT2D eigenvalue weighted by Gasteiger charge is -2.21. The van der Waals surface area contributed by atoms with E-state index in [2.05, 4.69) is 36.1 Å². The van der Waals surface area contributed by atoms with E-state index in [0.717, 1.165) is 45.2 Å². The third kappa shape index (κ3) is 4.57. The molecule has 0 radical (unpaired) electrons. The van der Waals surface area contributed by atoms with Crippen molar-refractivity contribution in [3.8, 4) is 0 Å². The van der Waals surface area contributed by atoms with Crippen LogP contribution in [0.15, 0.2) is 29.9 Å². The topological polar surface area (TPSA) is 35.5 Å². The Hall–Kier alpha value is -1.50. The summed E-state index contributed by atoms with van der Waals surface area (Å²) >= 11 is 1.92. The van der Waals surface area contributed by atoms with Crippen LogP contribution in [0.3, 0.4) is 0 Å². The van der Waals surface area contributed by atoms with Gasteiger partial charge in [0.1, 0.15) is 0 Å². The zero-order valence-electron chi connectivity index (χ0n) is 14.8. The van der Waals surface area contributed by atoms with Crippen molar-refractivity contribution in [2.24, 2.45) is 0 Å². The quantitative estimate of drug-likeness (QED) is 0.822. The van der Waals surface area contributed by atoms with Crippen LogP contribution in [0, 0.1) is 0 Å². The third-order valence-electron chi connectivity index (χ3n) is 5.12. The molecule has 2 aromatic heterocycles. The second-order valence-electron chi connectivity index (χ2n) is 7.07. The van der Waals surface area contributed by atoms with Gasteiger partial charge in [-0.15, -0.1) is 11.3 Å². The molecule has 134 valence electrons. The lowest BCUT2D eigenvalue weighted by Crippen LogP contribution is -2.31. The van der Waals surface area contributed by atoms with Crippen LogP contribution in [0.25, 0.3) is 0 Å². The first-order valence-corrected chi connectivity index (χ1v) is 10.3. The molecule has 0 N–H and O–H groups in total. The van der Waals surface area contributed by atoms with Crippen molar-refractivity contribution in [2.45, 2.75) is 32.4 Å². The summed E-state index contributed by atoms with van der Waals surface area (Å²) in [7, 11) is 0. The van der Waals surface area contributed by atoms with Crippen molar-refractivity contribution in [1.29, 1.82) is 0 Å². The van der Waals surface area contributed by atoms with Crippen LogP contribution in [0.2, 0.25) is 0 Å². The maximum absolute atomic E-state index is 4.40. The minimum Gasteiger partial charge on any atom is -0.339 e. The SMILES string of the molecule is c1cnc(N2CCCN(Cc3cc(CN4CCCC4)cs3)CC2)nc1. The molecule has 4 rings (SSSR count). The summed E-state index contributed by atoms with van der Waals surface area (Å²) in [6.07, 6.45) is 7.57. The van der Waals surface area contributed by atoms with E-state index < -0.39 is 0 Å². The minimum absolute atomic E-state index is 0.869. The van der Waals surface area contributed by atoms with Crippen LogP contribution < -0.4 is 4.90 Å². The zero-order chi connectivity index (χ0) is 16.9. The third-order valence-corrected chi connectivity index (χ3v) is 6.09. The van der Waals surface area contributed by atoms with Crippen molar-refractivity contribution >= 4 is 17.3 Å². The van der Waals surface area contributed by atoms with Gasteiger partial charge in [0, 0.05) is 56.5 Å². The maximum Gasteiger partial charge on any atom is 0.225 e. The van der Waals surface area contributed by atoms with Gasteiger partial charge in [-0.2, -0.15) is 0 Å². The molecule has 4 heterocycles. The maximum atomic E-state index is 4.40. The Bertz CT molecular complexity index is 653. The van der Waals surface area contributed by atoms with Crippen LogP contribution >= 0.6 is 11.3 Å². The van der Waals surface area contributed by atoms with Crippen LogP contribution in [0.4, 0.5) is 5.95 Å². The van der Waals surface area contributed by atoms with Gasteiger partial charge in [-0.05, 0) is 55.4 Å². The van der Waals surface area contributed by atoms with Gasteiger partial charge in [0.25, 0.3) is 0 Å². The van der Waals surface area contributed by atoms with Crippen molar-refractivity contribution in [2.75, 3.05) is 44.2 Å². The first kappa shape index (κ1) is 16.9. The number of hydrogen-bond acceptors (Lipinski definition) is 6. The zero-order valence-corrected chi connectivity index (χ0v) is 15.6. The molecule has 2 fully saturated rings. The van der Waals surface area contributed by atoms with E-state index in [1.165, 1.54) is 42.8 Å². The Labute approximate surface area is 154 Å². The summed E-state index contributed by atoms with van der Waals surface area (Å²) in [6, 6.07) is 4.30. The first-order chi connectivity index (χ1) is 12.4.